The molecule has 156 valence electrons. The largest absolute Gasteiger partial charge is 0.392 e. The van der Waals surface area contributed by atoms with Gasteiger partial charge in [0.05, 0.1) is 12.2 Å². The third-order valence-corrected chi connectivity index (χ3v) is 6.68. The number of rotatable bonds is 12. The van der Waals surface area contributed by atoms with E-state index in [9.17, 15) is 10.2 Å². The zero-order valence-corrected chi connectivity index (χ0v) is 18.1. The summed E-state index contributed by atoms with van der Waals surface area (Å²) in [4.78, 5) is 2.26. The van der Waals surface area contributed by atoms with Crippen molar-refractivity contribution in [2.75, 3.05) is 20.6 Å². The van der Waals surface area contributed by atoms with Gasteiger partial charge in [-0.15, -0.1) is 0 Å². The lowest BCUT2D eigenvalue weighted by atomic mass is 9.87. The first-order chi connectivity index (χ1) is 12.9. The molecule has 2 rings (SSSR count). The normalized spacial score (nSPS) is 30.1. The van der Waals surface area contributed by atoms with Crippen LogP contribution >= 0.6 is 0 Å². The molecule has 0 aromatic carbocycles. The minimum atomic E-state index is -0.381. The highest BCUT2D eigenvalue weighted by atomic mass is 16.3. The van der Waals surface area contributed by atoms with Gasteiger partial charge in [-0.2, -0.15) is 0 Å². The van der Waals surface area contributed by atoms with Crippen LogP contribution in [-0.4, -0.2) is 48.0 Å². The van der Waals surface area contributed by atoms with Crippen LogP contribution in [0.1, 0.15) is 71.6 Å². The summed E-state index contributed by atoms with van der Waals surface area (Å²) in [5.74, 6) is 1.60. The Morgan fingerprint density at radius 1 is 1.22 bits per heavy atom. The van der Waals surface area contributed by atoms with Gasteiger partial charge < -0.3 is 15.1 Å². The molecule has 2 aliphatic rings. The van der Waals surface area contributed by atoms with Crippen LogP contribution in [0.25, 0.3) is 0 Å². The molecule has 1 fully saturated rings. The van der Waals surface area contributed by atoms with Crippen molar-refractivity contribution in [1.82, 2.24) is 4.90 Å². The van der Waals surface area contributed by atoms with E-state index in [-0.39, 0.29) is 18.1 Å². The lowest BCUT2D eigenvalue weighted by Crippen LogP contribution is -2.20. The first-order valence-corrected chi connectivity index (χ1v) is 11.3. The van der Waals surface area contributed by atoms with E-state index >= 15 is 0 Å². The summed E-state index contributed by atoms with van der Waals surface area (Å²) in [7, 11) is 4.28. The SMILES string of the molecule is CCCC[C@H](C)[C@H](O)/C=C/[C@@H]1[C@H]2CC(CCCCCN(C)C)=C[C@H]2C[C@H]1O. The molecule has 0 amide bonds. The topological polar surface area (TPSA) is 43.7 Å². The van der Waals surface area contributed by atoms with Crippen LogP contribution in [-0.2, 0) is 0 Å². The zero-order valence-electron chi connectivity index (χ0n) is 18.1. The molecule has 3 heteroatoms. The lowest BCUT2D eigenvalue weighted by molar-refractivity contribution is 0.135. The maximum atomic E-state index is 10.5. The number of aliphatic hydroxyl groups is 2. The summed E-state index contributed by atoms with van der Waals surface area (Å²) in [6.45, 7) is 5.50. The molecule has 2 aliphatic carbocycles. The zero-order chi connectivity index (χ0) is 19.8. The van der Waals surface area contributed by atoms with E-state index < -0.39 is 0 Å². The van der Waals surface area contributed by atoms with Gasteiger partial charge in [0.1, 0.15) is 0 Å². The summed E-state index contributed by atoms with van der Waals surface area (Å²) < 4.78 is 0. The highest BCUT2D eigenvalue weighted by Crippen LogP contribution is 2.48. The number of unbranched alkanes of at least 4 members (excludes halogenated alkanes) is 3. The van der Waals surface area contributed by atoms with Crippen molar-refractivity contribution in [3.8, 4) is 0 Å². The Morgan fingerprint density at radius 3 is 2.70 bits per heavy atom. The first-order valence-electron chi connectivity index (χ1n) is 11.3. The molecule has 27 heavy (non-hydrogen) atoms. The monoisotopic (exact) mass is 377 g/mol. The molecule has 0 spiro atoms. The number of allylic oxidation sites excluding steroid dienone is 2. The minimum Gasteiger partial charge on any atom is -0.392 e. The van der Waals surface area contributed by atoms with Crippen LogP contribution < -0.4 is 0 Å². The predicted octanol–water partition coefficient (Wildman–Crippen LogP) is 4.80. The van der Waals surface area contributed by atoms with Gasteiger partial charge in [-0.1, -0.05) is 56.9 Å². The third kappa shape index (κ3) is 7.03. The second-order valence-electron chi connectivity index (χ2n) is 9.35. The summed E-state index contributed by atoms with van der Waals surface area (Å²) in [6.07, 6.45) is 16.5. The minimum absolute atomic E-state index is 0.213. The van der Waals surface area contributed by atoms with E-state index in [0.717, 1.165) is 19.3 Å². The molecule has 0 bridgehead atoms. The highest BCUT2D eigenvalue weighted by molar-refractivity contribution is 5.21. The maximum absolute atomic E-state index is 10.5. The summed E-state index contributed by atoms with van der Waals surface area (Å²) >= 11 is 0. The van der Waals surface area contributed by atoms with Gasteiger partial charge in [-0.05, 0) is 76.9 Å². The van der Waals surface area contributed by atoms with Crippen molar-refractivity contribution in [3.05, 3.63) is 23.8 Å². The fourth-order valence-corrected chi connectivity index (χ4v) is 4.88. The first kappa shape index (κ1) is 22.6. The number of fused-ring (bicyclic) bond motifs is 1. The average Bonchev–Trinajstić information content (AvgIpc) is 3.13. The van der Waals surface area contributed by atoms with Crippen LogP contribution in [0.15, 0.2) is 23.8 Å². The van der Waals surface area contributed by atoms with Crippen molar-refractivity contribution in [2.45, 2.75) is 83.8 Å². The van der Waals surface area contributed by atoms with E-state index in [1.165, 1.54) is 45.1 Å². The molecule has 0 radical (unpaired) electrons. The Labute approximate surface area is 167 Å². The molecule has 1 saturated carbocycles. The fraction of sp³-hybridized carbons (Fsp3) is 0.833. The van der Waals surface area contributed by atoms with Crippen molar-refractivity contribution >= 4 is 0 Å². The molecular formula is C24H43NO2. The van der Waals surface area contributed by atoms with Gasteiger partial charge in [0.25, 0.3) is 0 Å². The number of nitrogens with zero attached hydrogens (tertiary/aromatic N) is 1. The van der Waals surface area contributed by atoms with Crippen LogP contribution in [0.5, 0.6) is 0 Å². The fourth-order valence-electron chi connectivity index (χ4n) is 4.88. The van der Waals surface area contributed by atoms with Crippen LogP contribution in [0, 0.1) is 23.7 Å². The standard InChI is InChI=1S/C24H43NO2/c1-5-6-10-18(2)23(26)13-12-21-22-16-19(15-20(22)17-24(21)27)11-8-7-9-14-25(3)4/h12-13,15,18,20-24,26-27H,5-11,14,16-17H2,1-4H3/b13-12+/t18-,20-,21+,22-,23+,24+/m0/s1. The van der Waals surface area contributed by atoms with E-state index in [1.54, 1.807) is 5.57 Å². The third-order valence-electron chi connectivity index (χ3n) is 6.68. The van der Waals surface area contributed by atoms with Gasteiger partial charge >= 0.3 is 0 Å². The molecule has 6 atom stereocenters. The lowest BCUT2D eigenvalue weighted by Gasteiger charge is -2.20. The number of aliphatic hydroxyl groups excluding tert-OH is 2. The Morgan fingerprint density at radius 2 is 2.00 bits per heavy atom. The van der Waals surface area contributed by atoms with Crippen LogP contribution in [0.4, 0.5) is 0 Å². The maximum Gasteiger partial charge on any atom is 0.0746 e. The van der Waals surface area contributed by atoms with Crippen molar-refractivity contribution < 1.29 is 10.2 Å². The molecule has 0 saturated heterocycles. The van der Waals surface area contributed by atoms with Crippen molar-refractivity contribution in [2.24, 2.45) is 23.7 Å². The molecule has 0 aliphatic heterocycles. The van der Waals surface area contributed by atoms with E-state index in [1.807, 2.05) is 6.08 Å². The summed E-state index contributed by atoms with van der Waals surface area (Å²) in [5.41, 5.74) is 1.61. The second-order valence-corrected chi connectivity index (χ2v) is 9.35. The predicted molar refractivity (Wildman–Crippen MR) is 115 cm³/mol. The van der Waals surface area contributed by atoms with Crippen LogP contribution in [0.3, 0.4) is 0 Å². The molecule has 0 unspecified atom stereocenters. The molecule has 3 nitrogen and oxygen atoms in total. The Balaban J connectivity index is 1.78. The van der Waals surface area contributed by atoms with Crippen LogP contribution in [0.2, 0.25) is 0 Å². The van der Waals surface area contributed by atoms with Gasteiger partial charge in [-0.3, -0.25) is 0 Å². The van der Waals surface area contributed by atoms with Crippen molar-refractivity contribution in [3.63, 3.8) is 0 Å². The molecular weight excluding hydrogens is 334 g/mol. The Kier molecular flexibility index (Phi) is 9.55. The van der Waals surface area contributed by atoms with Gasteiger partial charge in [0.2, 0.25) is 0 Å². The summed E-state index contributed by atoms with van der Waals surface area (Å²) in [5, 5.41) is 20.9. The number of hydrogen-bond acceptors (Lipinski definition) is 3. The highest BCUT2D eigenvalue weighted by Gasteiger charge is 2.43. The second kappa shape index (κ2) is 11.4. The quantitative estimate of drug-likeness (QED) is 0.379. The smallest absolute Gasteiger partial charge is 0.0746 e. The van der Waals surface area contributed by atoms with Crippen molar-refractivity contribution in [1.29, 1.82) is 0 Å². The number of hydrogen-bond donors (Lipinski definition) is 2. The molecule has 0 aromatic heterocycles. The molecule has 2 N–H and O–H groups in total. The van der Waals surface area contributed by atoms with Gasteiger partial charge in [0.15, 0.2) is 0 Å². The summed E-state index contributed by atoms with van der Waals surface area (Å²) in [6, 6.07) is 0. The van der Waals surface area contributed by atoms with E-state index in [0.29, 0.717) is 17.8 Å². The average molecular weight is 378 g/mol. The van der Waals surface area contributed by atoms with Gasteiger partial charge in [0, 0.05) is 5.92 Å². The Hall–Kier alpha value is -0.640. The van der Waals surface area contributed by atoms with E-state index in [4.69, 9.17) is 0 Å². The van der Waals surface area contributed by atoms with E-state index in [2.05, 4.69) is 45.0 Å². The molecule has 0 heterocycles. The molecule has 0 aromatic rings. The Bertz CT molecular complexity index is 485. The van der Waals surface area contributed by atoms with Gasteiger partial charge in [-0.25, -0.2) is 0 Å².